The Morgan fingerprint density at radius 3 is 2.75 bits per heavy atom. The molecule has 0 radical (unpaired) electrons. The van der Waals surface area contributed by atoms with Crippen molar-refractivity contribution in [3.8, 4) is 0 Å². The molecule has 1 fully saturated rings. The average molecular weight is 229 g/mol. The number of carboxylic acid groups (broad SMARTS) is 1. The summed E-state index contributed by atoms with van der Waals surface area (Å²) in [5.74, 6) is -0.950. The number of rotatable bonds is 4. The van der Waals surface area contributed by atoms with Gasteiger partial charge >= 0.3 is 12.1 Å². The van der Waals surface area contributed by atoms with Crippen molar-refractivity contribution < 1.29 is 19.4 Å². The van der Waals surface area contributed by atoms with Crippen LogP contribution in [0.1, 0.15) is 33.1 Å². The molecule has 0 saturated carbocycles. The molecule has 1 unspecified atom stereocenters. The third-order valence-corrected chi connectivity index (χ3v) is 2.91. The zero-order valence-electron chi connectivity index (χ0n) is 9.81. The summed E-state index contributed by atoms with van der Waals surface area (Å²) in [5, 5.41) is 9.03. The fraction of sp³-hybridized carbons (Fsp3) is 0.818. The molecule has 1 aliphatic heterocycles. The zero-order chi connectivity index (χ0) is 12.1. The molecule has 1 amide bonds. The number of amides is 1. The van der Waals surface area contributed by atoms with Gasteiger partial charge in [-0.05, 0) is 18.8 Å². The predicted molar refractivity (Wildman–Crippen MR) is 58.2 cm³/mol. The van der Waals surface area contributed by atoms with Gasteiger partial charge in [-0.1, -0.05) is 20.3 Å². The van der Waals surface area contributed by atoms with E-state index in [2.05, 4.69) is 0 Å². The Hall–Kier alpha value is -1.26. The highest BCUT2D eigenvalue weighted by atomic mass is 16.6. The van der Waals surface area contributed by atoms with Crippen LogP contribution < -0.4 is 0 Å². The number of unbranched alkanes of at least 4 members (excludes halogenated alkanes) is 1. The van der Waals surface area contributed by atoms with E-state index in [-0.39, 0.29) is 5.92 Å². The lowest BCUT2D eigenvalue weighted by molar-refractivity contribution is -0.142. The molecule has 1 aliphatic rings. The van der Waals surface area contributed by atoms with Crippen LogP contribution in [0.5, 0.6) is 0 Å². The molecular formula is C11H19NO4. The van der Waals surface area contributed by atoms with Crippen LogP contribution in [0, 0.1) is 5.92 Å². The largest absolute Gasteiger partial charge is 0.480 e. The molecule has 92 valence electrons. The van der Waals surface area contributed by atoms with E-state index < -0.39 is 18.1 Å². The Kier molecular flexibility index (Phi) is 4.58. The molecule has 1 heterocycles. The number of likely N-dealkylation sites (tertiary alicyclic amines) is 1. The van der Waals surface area contributed by atoms with Crippen molar-refractivity contribution in [1.82, 2.24) is 4.90 Å². The van der Waals surface area contributed by atoms with E-state index in [4.69, 9.17) is 9.84 Å². The summed E-state index contributed by atoms with van der Waals surface area (Å²) in [6.45, 7) is 4.69. The summed E-state index contributed by atoms with van der Waals surface area (Å²) in [6, 6.07) is -0.728. The van der Waals surface area contributed by atoms with Gasteiger partial charge in [-0.15, -0.1) is 0 Å². The van der Waals surface area contributed by atoms with Gasteiger partial charge in [0.1, 0.15) is 6.04 Å². The molecule has 0 bridgehead atoms. The quantitative estimate of drug-likeness (QED) is 0.745. The van der Waals surface area contributed by atoms with Crippen molar-refractivity contribution in [2.45, 2.75) is 39.2 Å². The molecule has 5 heteroatoms. The Bertz CT molecular complexity index is 267. The van der Waals surface area contributed by atoms with Gasteiger partial charge in [0.2, 0.25) is 0 Å². The Morgan fingerprint density at radius 2 is 2.19 bits per heavy atom. The number of ether oxygens (including phenoxy) is 1. The minimum absolute atomic E-state index is 0.00350. The maximum Gasteiger partial charge on any atom is 0.410 e. The van der Waals surface area contributed by atoms with E-state index in [9.17, 15) is 9.59 Å². The standard InChI is InChI=1S/C11H19NO4/c1-3-4-7-16-11(15)12-6-5-8(2)9(12)10(13)14/h8-9H,3-7H2,1-2H3,(H,13,14)/t8?,9-/m0/s1. The zero-order valence-corrected chi connectivity index (χ0v) is 9.81. The highest BCUT2D eigenvalue weighted by Crippen LogP contribution is 2.24. The van der Waals surface area contributed by atoms with E-state index in [1.807, 2.05) is 13.8 Å². The topological polar surface area (TPSA) is 66.8 Å². The second-order valence-corrected chi connectivity index (χ2v) is 4.21. The van der Waals surface area contributed by atoms with E-state index >= 15 is 0 Å². The summed E-state index contributed by atoms with van der Waals surface area (Å²) >= 11 is 0. The second-order valence-electron chi connectivity index (χ2n) is 4.21. The van der Waals surface area contributed by atoms with Gasteiger partial charge in [0.25, 0.3) is 0 Å². The molecule has 5 nitrogen and oxygen atoms in total. The smallest absolute Gasteiger partial charge is 0.410 e. The van der Waals surface area contributed by atoms with Crippen LogP contribution in [-0.4, -0.2) is 41.3 Å². The van der Waals surface area contributed by atoms with E-state index in [0.717, 1.165) is 19.3 Å². The van der Waals surface area contributed by atoms with Crippen molar-refractivity contribution in [3.05, 3.63) is 0 Å². The third kappa shape index (κ3) is 2.87. The van der Waals surface area contributed by atoms with Crippen LogP contribution in [0.25, 0.3) is 0 Å². The molecule has 1 N–H and O–H groups in total. The number of hydrogen-bond donors (Lipinski definition) is 1. The van der Waals surface area contributed by atoms with Gasteiger partial charge in [-0.25, -0.2) is 9.59 Å². The normalized spacial score (nSPS) is 24.5. The average Bonchev–Trinajstić information content (AvgIpc) is 2.60. The maximum absolute atomic E-state index is 11.6. The van der Waals surface area contributed by atoms with Crippen molar-refractivity contribution in [2.24, 2.45) is 5.92 Å². The van der Waals surface area contributed by atoms with Gasteiger partial charge in [0.05, 0.1) is 6.61 Å². The fourth-order valence-corrected chi connectivity index (χ4v) is 1.92. The molecule has 0 aromatic rings. The highest BCUT2D eigenvalue weighted by Gasteiger charge is 2.40. The number of aliphatic carboxylic acids is 1. The molecule has 0 spiro atoms. The molecule has 2 atom stereocenters. The molecular weight excluding hydrogens is 210 g/mol. The maximum atomic E-state index is 11.6. The summed E-state index contributed by atoms with van der Waals surface area (Å²) in [4.78, 5) is 24.0. The van der Waals surface area contributed by atoms with Crippen LogP contribution in [0.15, 0.2) is 0 Å². The lowest BCUT2D eigenvalue weighted by Gasteiger charge is -2.22. The van der Waals surface area contributed by atoms with Crippen molar-refractivity contribution in [2.75, 3.05) is 13.2 Å². The van der Waals surface area contributed by atoms with Crippen LogP contribution in [0.3, 0.4) is 0 Å². The van der Waals surface area contributed by atoms with Gasteiger partial charge in [-0.3, -0.25) is 4.90 Å². The fourth-order valence-electron chi connectivity index (χ4n) is 1.92. The first kappa shape index (κ1) is 12.8. The van der Waals surface area contributed by atoms with E-state index in [1.165, 1.54) is 4.90 Å². The summed E-state index contributed by atoms with van der Waals surface area (Å²) in [5.41, 5.74) is 0. The number of nitrogens with zero attached hydrogens (tertiary/aromatic N) is 1. The summed E-state index contributed by atoms with van der Waals surface area (Å²) < 4.78 is 5.02. The molecule has 0 aliphatic carbocycles. The lowest BCUT2D eigenvalue weighted by Crippen LogP contribution is -2.43. The number of carboxylic acids is 1. The van der Waals surface area contributed by atoms with Crippen molar-refractivity contribution in [3.63, 3.8) is 0 Å². The van der Waals surface area contributed by atoms with Gasteiger partial charge in [-0.2, -0.15) is 0 Å². The number of carbonyl (C=O) groups is 2. The Morgan fingerprint density at radius 1 is 1.50 bits per heavy atom. The molecule has 1 saturated heterocycles. The monoisotopic (exact) mass is 229 g/mol. The van der Waals surface area contributed by atoms with Gasteiger partial charge < -0.3 is 9.84 Å². The van der Waals surface area contributed by atoms with Crippen LogP contribution in [0.4, 0.5) is 4.79 Å². The molecule has 16 heavy (non-hydrogen) atoms. The molecule has 0 aromatic heterocycles. The van der Waals surface area contributed by atoms with Crippen LogP contribution in [0.2, 0.25) is 0 Å². The summed E-state index contributed by atoms with van der Waals surface area (Å²) in [7, 11) is 0. The summed E-state index contributed by atoms with van der Waals surface area (Å²) in [6.07, 6.45) is 1.99. The van der Waals surface area contributed by atoms with Crippen LogP contribution >= 0.6 is 0 Å². The number of hydrogen-bond acceptors (Lipinski definition) is 3. The lowest BCUT2D eigenvalue weighted by atomic mass is 10.0. The predicted octanol–water partition coefficient (Wildman–Crippen LogP) is 1.72. The Balaban J connectivity index is 2.51. The molecule has 0 aromatic carbocycles. The van der Waals surface area contributed by atoms with Gasteiger partial charge in [0.15, 0.2) is 0 Å². The number of carbonyl (C=O) groups excluding carboxylic acids is 1. The first-order valence-electron chi connectivity index (χ1n) is 5.74. The SMILES string of the molecule is CCCCOC(=O)N1CCC(C)[C@H]1C(=O)O. The second kappa shape index (κ2) is 5.72. The first-order chi connectivity index (χ1) is 7.57. The van der Waals surface area contributed by atoms with E-state index in [0.29, 0.717) is 13.2 Å². The van der Waals surface area contributed by atoms with Crippen molar-refractivity contribution >= 4 is 12.1 Å². The minimum atomic E-state index is -0.947. The van der Waals surface area contributed by atoms with Crippen molar-refractivity contribution in [1.29, 1.82) is 0 Å². The highest BCUT2D eigenvalue weighted by molar-refractivity contribution is 5.81. The Labute approximate surface area is 95.4 Å². The molecule has 1 rings (SSSR count). The minimum Gasteiger partial charge on any atom is -0.480 e. The first-order valence-corrected chi connectivity index (χ1v) is 5.74. The van der Waals surface area contributed by atoms with Crippen LogP contribution in [-0.2, 0) is 9.53 Å². The van der Waals surface area contributed by atoms with Gasteiger partial charge in [0, 0.05) is 6.54 Å². The third-order valence-electron chi connectivity index (χ3n) is 2.91. The van der Waals surface area contributed by atoms with E-state index in [1.54, 1.807) is 0 Å².